The van der Waals surface area contributed by atoms with E-state index in [4.69, 9.17) is 4.74 Å². The highest BCUT2D eigenvalue weighted by molar-refractivity contribution is 5.67. The molecule has 27 heavy (non-hydrogen) atoms. The molecule has 0 unspecified atom stereocenters. The molecular weight excluding hydrogens is 334 g/mol. The molecule has 1 amide bonds. The molecule has 0 aromatic carbocycles. The fourth-order valence-electron chi connectivity index (χ4n) is 3.69. The molecule has 0 aliphatic carbocycles. The second kappa shape index (κ2) is 17.4. The summed E-state index contributed by atoms with van der Waals surface area (Å²) in [6.45, 7) is 14.8. The predicted molar refractivity (Wildman–Crippen MR) is 118 cm³/mol. The van der Waals surface area contributed by atoms with Gasteiger partial charge in [-0.05, 0) is 24.7 Å². The molecule has 0 fully saturated rings. The molecule has 0 radical (unpaired) electrons. The number of carbonyl (C=O) groups is 1. The topological polar surface area (TPSA) is 29.5 Å². The number of ether oxygens (including phenoxy) is 1. The van der Waals surface area contributed by atoms with E-state index in [9.17, 15) is 4.79 Å². The average molecular weight is 384 g/mol. The van der Waals surface area contributed by atoms with Gasteiger partial charge in [-0.3, -0.25) is 0 Å². The molecule has 0 aromatic rings. The Morgan fingerprint density at radius 1 is 0.667 bits per heavy atom. The zero-order valence-electron chi connectivity index (χ0n) is 19.4. The maximum Gasteiger partial charge on any atom is 0.410 e. The Morgan fingerprint density at radius 2 is 1.04 bits per heavy atom. The van der Waals surface area contributed by atoms with Gasteiger partial charge in [0.2, 0.25) is 0 Å². The van der Waals surface area contributed by atoms with Crippen molar-refractivity contribution in [2.75, 3.05) is 13.1 Å². The monoisotopic (exact) mass is 383 g/mol. The van der Waals surface area contributed by atoms with Gasteiger partial charge in [-0.25, -0.2) is 4.79 Å². The van der Waals surface area contributed by atoms with E-state index in [1.165, 1.54) is 64.2 Å². The fourth-order valence-corrected chi connectivity index (χ4v) is 3.69. The van der Waals surface area contributed by atoms with Crippen molar-refractivity contribution in [2.24, 2.45) is 11.8 Å². The largest absolute Gasteiger partial charge is 0.446 e. The van der Waals surface area contributed by atoms with Crippen molar-refractivity contribution < 1.29 is 9.53 Å². The molecule has 3 heteroatoms. The van der Waals surface area contributed by atoms with Gasteiger partial charge in [-0.15, -0.1) is 0 Å². The van der Waals surface area contributed by atoms with Crippen molar-refractivity contribution in [3.63, 3.8) is 0 Å². The van der Waals surface area contributed by atoms with E-state index < -0.39 is 0 Å². The molecule has 0 saturated heterocycles. The van der Waals surface area contributed by atoms with Crippen LogP contribution in [0.3, 0.4) is 0 Å². The number of unbranched alkanes of at least 4 members (excludes halogenated alkanes) is 10. The second-order valence-electron chi connectivity index (χ2n) is 8.86. The summed E-state index contributed by atoms with van der Waals surface area (Å²) in [7, 11) is 0. The van der Waals surface area contributed by atoms with E-state index in [0.717, 1.165) is 25.9 Å². The van der Waals surface area contributed by atoms with Crippen LogP contribution in [0.2, 0.25) is 0 Å². The average Bonchev–Trinajstić information content (AvgIpc) is 2.62. The Hall–Kier alpha value is -0.730. The van der Waals surface area contributed by atoms with E-state index >= 15 is 0 Å². The summed E-state index contributed by atoms with van der Waals surface area (Å²) >= 11 is 0. The fraction of sp³-hybridized carbons (Fsp3) is 0.958. The first-order chi connectivity index (χ1) is 12.9. The third-order valence-corrected chi connectivity index (χ3v) is 5.37. The van der Waals surface area contributed by atoms with Crippen molar-refractivity contribution in [3.05, 3.63) is 0 Å². The minimum atomic E-state index is -0.0930. The van der Waals surface area contributed by atoms with Gasteiger partial charge in [0.15, 0.2) is 0 Å². The third kappa shape index (κ3) is 14.0. The molecule has 0 atom stereocenters. The summed E-state index contributed by atoms with van der Waals surface area (Å²) in [6.07, 6.45) is 15.0. The van der Waals surface area contributed by atoms with Crippen molar-refractivity contribution >= 4 is 6.09 Å². The van der Waals surface area contributed by atoms with E-state index in [1.807, 2.05) is 4.90 Å². The molecule has 0 heterocycles. The van der Waals surface area contributed by atoms with Gasteiger partial charge in [0.05, 0.1) is 0 Å². The first kappa shape index (κ1) is 26.3. The van der Waals surface area contributed by atoms with Crippen molar-refractivity contribution in [2.45, 2.75) is 125 Å². The number of amides is 1. The summed E-state index contributed by atoms with van der Waals surface area (Å²) in [4.78, 5) is 14.8. The molecule has 0 aliphatic rings. The molecule has 3 nitrogen and oxygen atoms in total. The van der Waals surface area contributed by atoms with E-state index in [0.29, 0.717) is 11.8 Å². The minimum absolute atomic E-state index is 0.00843. The van der Waals surface area contributed by atoms with Crippen LogP contribution in [0.5, 0.6) is 0 Å². The predicted octanol–water partition coefficient (Wildman–Crippen LogP) is 7.83. The van der Waals surface area contributed by atoms with Crippen LogP contribution in [-0.4, -0.2) is 30.2 Å². The van der Waals surface area contributed by atoms with Gasteiger partial charge in [0.1, 0.15) is 6.10 Å². The summed E-state index contributed by atoms with van der Waals surface area (Å²) in [6, 6.07) is 0. The van der Waals surface area contributed by atoms with E-state index in [2.05, 4.69) is 41.5 Å². The molecule has 0 spiro atoms. The number of carbonyl (C=O) groups excluding carboxylic acids is 1. The summed E-state index contributed by atoms with van der Waals surface area (Å²) in [5.74, 6) is 0.720. The number of rotatable bonds is 17. The molecular formula is C24H49NO2. The third-order valence-electron chi connectivity index (χ3n) is 5.37. The minimum Gasteiger partial charge on any atom is -0.446 e. The standard InChI is InChI=1S/C24H49NO2/c1-7-9-11-13-15-17-19-25(20-18-16-14-12-10-8-2)24(26)27-23(21(3)4)22(5)6/h21-23H,7-20H2,1-6H3. The number of hydrogen-bond acceptors (Lipinski definition) is 2. The van der Waals surface area contributed by atoms with Gasteiger partial charge in [0, 0.05) is 13.1 Å². The van der Waals surface area contributed by atoms with E-state index in [-0.39, 0.29) is 12.2 Å². The lowest BCUT2D eigenvalue weighted by molar-refractivity contribution is 0.0179. The van der Waals surface area contributed by atoms with Gasteiger partial charge in [-0.2, -0.15) is 0 Å². The van der Waals surface area contributed by atoms with Crippen LogP contribution in [0.1, 0.15) is 119 Å². The second-order valence-corrected chi connectivity index (χ2v) is 8.86. The van der Waals surface area contributed by atoms with Crippen molar-refractivity contribution in [1.29, 1.82) is 0 Å². The Labute approximate surface area is 170 Å². The van der Waals surface area contributed by atoms with E-state index in [1.54, 1.807) is 0 Å². The SMILES string of the molecule is CCCCCCCCN(CCCCCCCC)C(=O)OC(C(C)C)C(C)C. The lowest BCUT2D eigenvalue weighted by Crippen LogP contribution is -2.39. The summed E-state index contributed by atoms with van der Waals surface area (Å²) < 4.78 is 5.91. The zero-order chi connectivity index (χ0) is 20.5. The Kier molecular flexibility index (Phi) is 16.9. The normalized spacial score (nSPS) is 11.6. The number of nitrogens with zero attached hydrogens (tertiary/aromatic N) is 1. The van der Waals surface area contributed by atoms with Crippen molar-refractivity contribution in [1.82, 2.24) is 4.90 Å². The molecule has 0 bridgehead atoms. The summed E-state index contributed by atoms with van der Waals surface area (Å²) in [5, 5.41) is 0. The first-order valence-corrected chi connectivity index (χ1v) is 11.9. The van der Waals surface area contributed by atoms with Crippen LogP contribution >= 0.6 is 0 Å². The zero-order valence-corrected chi connectivity index (χ0v) is 19.4. The quantitative estimate of drug-likeness (QED) is 0.239. The maximum absolute atomic E-state index is 12.8. The van der Waals surface area contributed by atoms with Gasteiger partial charge in [0.25, 0.3) is 0 Å². The molecule has 162 valence electrons. The Bertz CT molecular complexity index is 317. The first-order valence-electron chi connectivity index (χ1n) is 11.9. The highest BCUT2D eigenvalue weighted by Crippen LogP contribution is 2.18. The summed E-state index contributed by atoms with van der Waals surface area (Å²) in [5.41, 5.74) is 0. The molecule has 0 aromatic heterocycles. The van der Waals surface area contributed by atoms with Crippen molar-refractivity contribution in [3.8, 4) is 0 Å². The maximum atomic E-state index is 12.8. The smallest absolute Gasteiger partial charge is 0.410 e. The Balaban J connectivity index is 4.44. The molecule has 0 saturated carbocycles. The van der Waals surface area contributed by atoms with Crippen LogP contribution in [-0.2, 0) is 4.74 Å². The highest BCUT2D eigenvalue weighted by atomic mass is 16.6. The molecule has 0 aliphatic heterocycles. The Morgan fingerprint density at radius 3 is 1.41 bits per heavy atom. The molecule has 0 rings (SSSR count). The lowest BCUT2D eigenvalue weighted by atomic mass is 9.96. The van der Waals surface area contributed by atoms with Crippen LogP contribution in [0.25, 0.3) is 0 Å². The molecule has 0 N–H and O–H groups in total. The van der Waals surface area contributed by atoms with Gasteiger partial charge < -0.3 is 9.64 Å². The van der Waals surface area contributed by atoms with Gasteiger partial charge >= 0.3 is 6.09 Å². The van der Waals surface area contributed by atoms with Crippen LogP contribution in [0.15, 0.2) is 0 Å². The lowest BCUT2D eigenvalue weighted by Gasteiger charge is -2.29. The number of hydrogen-bond donors (Lipinski definition) is 0. The van der Waals surface area contributed by atoms with Crippen LogP contribution in [0, 0.1) is 11.8 Å². The van der Waals surface area contributed by atoms with Crippen LogP contribution < -0.4 is 0 Å². The highest BCUT2D eigenvalue weighted by Gasteiger charge is 2.24. The van der Waals surface area contributed by atoms with Gasteiger partial charge in [-0.1, -0.05) is 106 Å². The van der Waals surface area contributed by atoms with Crippen LogP contribution in [0.4, 0.5) is 4.79 Å².